The van der Waals surface area contributed by atoms with Gasteiger partial charge in [0.15, 0.2) is 0 Å². The molecule has 1 saturated heterocycles. The van der Waals surface area contributed by atoms with Crippen molar-refractivity contribution in [3.05, 3.63) is 64.9 Å². The summed E-state index contributed by atoms with van der Waals surface area (Å²) in [4.78, 5) is 2.31. The first-order valence-electron chi connectivity index (χ1n) is 7.70. The van der Waals surface area contributed by atoms with Gasteiger partial charge in [0, 0.05) is 23.3 Å². The molecule has 4 heteroatoms. The molecule has 2 aromatic rings. The minimum atomic E-state index is -0.187. The van der Waals surface area contributed by atoms with E-state index in [1.165, 1.54) is 11.6 Å². The molecule has 0 radical (unpaired) electrons. The zero-order valence-corrected chi connectivity index (χ0v) is 13.2. The van der Waals surface area contributed by atoms with Gasteiger partial charge in [0.25, 0.3) is 0 Å². The average molecular weight is 319 g/mol. The minimum absolute atomic E-state index is 0.187. The van der Waals surface area contributed by atoms with Gasteiger partial charge in [0.2, 0.25) is 0 Å². The molecule has 1 aliphatic rings. The summed E-state index contributed by atoms with van der Waals surface area (Å²) in [6, 6.07) is 15.2. The van der Waals surface area contributed by atoms with Crippen LogP contribution in [0.2, 0.25) is 5.02 Å². The second-order valence-corrected chi connectivity index (χ2v) is 6.15. The third-order valence-corrected chi connectivity index (χ3v) is 4.41. The normalized spacial score (nSPS) is 15.7. The van der Waals surface area contributed by atoms with Gasteiger partial charge in [0.05, 0.1) is 0 Å². The molecule has 116 valence electrons. The van der Waals surface area contributed by atoms with Crippen molar-refractivity contribution in [2.24, 2.45) is 0 Å². The Hall–Kier alpha value is -1.58. The first kappa shape index (κ1) is 15.3. The molecule has 1 aliphatic heterocycles. The molecule has 0 atom stereocenters. The predicted octanol–water partition coefficient (Wildman–Crippen LogP) is 4.24. The van der Waals surface area contributed by atoms with E-state index in [-0.39, 0.29) is 5.82 Å². The smallest absolute Gasteiger partial charge is 0.125 e. The molecule has 0 unspecified atom stereocenters. The van der Waals surface area contributed by atoms with Crippen LogP contribution in [0.15, 0.2) is 48.5 Å². The van der Waals surface area contributed by atoms with Crippen molar-refractivity contribution in [3.63, 3.8) is 0 Å². The number of piperidine rings is 1. The topological polar surface area (TPSA) is 15.3 Å². The Kier molecular flexibility index (Phi) is 4.96. The van der Waals surface area contributed by atoms with Gasteiger partial charge < -0.3 is 10.2 Å². The van der Waals surface area contributed by atoms with Gasteiger partial charge in [-0.1, -0.05) is 29.8 Å². The summed E-state index contributed by atoms with van der Waals surface area (Å²) in [5.41, 5.74) is 2.13. The van der Waals surface area contributed by atoms with Crippen molar-refractivity contribution >= 4 is 17.3 Å². The highest BCUT2D eigenvalue weighted by Gasteiger charge is 2.21. The second-order valence-electron chi connectivity index (χ2n) is 5.72. The van der Waals surface area contributed by atoms with Crippen LogP contribution in [0.3, 0.4) is 0 Å². The number of nitrogens with one attached hydrogen (secondary N) is 1. The summed E-state index contributed by atoms with van der Waals surface area (Å²) in [6.07, 6.45) is 2.15. The van der Waals surface area contributed by atoms with Crippen LogP contribution < -0.4 is 10.2 Å². The van der Waals surface area contributed by atoms with Crippen LogP contribution in [0.25, 0.3) is 0 Å². The monoisotopic (exact) mass is 318 g/mol. The van der Waals surface area contributed by atoms with Gasteiger partial charge in [-0.3, -0.25) is 0 Å². The number of halogens is 2. The molecule has 1 N–H and O–H groups in total. The molecular formula is C18H20ClFN2. The van der Waals surface area contributed by atoms with E-state index in [0.29, 0.717) is 6.04 Å². The lowest BCUT2D eigenvalue weighted by atomic mass is 10.0. The van der Waals surface area contributed by atoms with Crippen LogP contribution in [0.1, 0.15) is 18.4 Å². The maximum atomic E-state index is 13.6. The molecule has 2 aromatic carbocycles. The molecule has 1 heterocycles. The Morgan fingerprint density at radius 2 is 1.82 bits per heavy atom. The lowest BCUT2D eigenvalue weighted by Crippen LogP contribution is -2.43. The van der Waals surface area contributed by atoms with Crippen LogP contribution in [-0.2, 0) is 6.54 Å². The number of benzene rings is 2. The zero-order valence-electron chi connectivity index (χ0n) is 12.4. The van der Waals surface area contributed by atoms with E-state index in [2.05, 4.69) is 10.2 Å². The van der Waals surface area contributed by atoms with Gasteiger partial charge >= 0.3 is 0 Å². The average Bonchev–Trinajstić information content (AvgIpc) is 2.55. The fourth-order valence-electron chi connectivity index (χ4n) is 2.99. The van der Waals surface area contributed by atoms with Crippen molar-refractivity contribution < 1.29 is 4.39 Å². The summed E-state index contributed by atoms with van der Waals surface area (Å²) >= 11 is 5.96. The summed E-state index contributed by atoms with van der Waals surface area (Å²) in [5, 5.41) is 4.12. The molecule has 0 spiro atoms. The summed E-state index contributed by atoms with van der Waals surface area (Å²) in [5.74, 6) is -0.187. The van der Waals surface area contributed by atoms with Crippen molar-refractivity contribution in [1.82, 2.24) is 5.32 Å². The van der Waals surface area contributed by atoms with Gasteiger partial charge in [-0.2, -0.15) is 0 Å². The maximum absolute atomic E-state index is 13.6. The summed E-state index contributed by atoms with van der Waals surface area (Å²) in [7, 11) is 0. The van der Waals surface area contributed by atoms with Gasteiger partial charge in [-0.25, -0.2) is 4.39 Å². The zero-order chi connectivity index (χ0) is 15.4. The number of anilines is 1. The van der Waals surface area contributed by atoms with Crippen molar-refractivity contribution in [1.29, 1.82) is 0 Å². The van der Waals surface area contributed by atoms with Crippen molar-refractivity contribution in [2.45, 2.75) is 25.4 Å². The highest BCUT2D eigenvalue weighted by Crippen LogP contribution is 2.25. The lowest BCUT2D eigenvalue weighted by Gasteiger charge is -2.36. The SMILES string of the molecule is Fc1cccc(N(Cc2ccc(Cl)cc2)C2CCNCC2)c1. The number of nitrogens with zero attached hydrogens (tertiary/aromatic N) is 1. The fourth-order valence-corrected chi connectivity index (χ4v) is 3.12. The molecule has 2 nitrogen and oxygen atoms in total. The Morgan fingerprint density at radius 1 is 1.09 bits per heavy atom. The number of rotatable bonds is 4. The van der Waals surface area contributed by atoms with Crippen molar-refractivity contribution in [3.8, 4) is 0 Å². The third kappa shape index (κ3) is 3.79. The molecule has 0 bridgehead atoms. The standard InChI is InChI=1S/C18H20ClFN2/c19-15-6-4-14(5-7-15)13-22(17-8-10-21-11-9-17)18-3-1-2-16(20)12-18/h1-7,12,17,21H,8-11,13H2. The summed E-state index contributed by atoms with van der Waals surface area (Å²) < 4.78 is 13.6. The van der Waals surface area contributed by atoms with E-state index in [1.807, 2.05) is 30.3 Å². The maximum Gasteiger partial charge on any atom is 0.125 e. The molecule has 1 fully saturated rings. The molecule has 0 amide bonds. The van der Waals surface area contributed by atoms with Gasteiger partial charge in [-0.05, 0) is 61.8 Å². The molecule has 0 aromatic heterocycles. The molecule has 3 rings (SSSR count). The third-order valence-electron chi connectivity index (χ3n) is 4.16. The summed E-state index contributed by atoms with van der Waals surface area (Å²) in [6.45, 7) is 2.79. The lowest BCUT2D eigenvalue weighted by molar-refractivity contribution is 0.428. The first-order chi connectivity index (χ1) is 10.7. The van der Waals surface area contributed by atoms with Crippen LogP contribution >= 0.6 is 11.6 Å². The van der Waals surface area contributed by atoms with Crippen LogP contribution in [0, 0.1) is 5.82 Å². The van der Waals surface area contributed by atoms with E-state index in [1.54, 1.807) is 12.1 Å². The number of hydrogen-bond acceptors (Lipinski definition) is 2. The molecule has 0 aliphatic carbocycles. The van der Waals surface area contributed by atoms with E-state index >= 15 is 0 Å². The predicted molar refractivity (Wildman–Crippen MR) is 89.9 cm³/mol. The van der Waals surface area contributed by atoms with Gasteiger partial charge in [-0.15, -0.1) is 0 Å². The Labute approximate surface area is 135 Å². The highest BCUT2D eigenvalue weighted by atomic mass is 35.5. The quantitative estimate of drug-likeness (QED) is 0.907. The van der Waals surface area contributed by atoms with Crippen LogP contribution in [-0.4, -0.2) is 19.1 Å². The highest BCUT2D eigenvalue weighted by molar-refractivity contribution is 6.30. The van der Waals surface area contributed by atoms with Crippen molar-refractivity contribution in [2.75, 3.05) is 18.0 Å². The van der Waals surface area contributed by atoms with Gasteiger partial charge in [0.1, 0.15) is 5.82 Å². The van der Waals surface area contributed by atoms with E-state index in [4.69, 9.17) is 11.6 Å². The Morgan fingerprint density at radius 3 is 2.50 bits per heavy atom. The molecule has 0 saturated carbocycles. The molecule has 22 heavy (non-hydrogen) atoms. The van der Waals surface area contributed by atoms with E-state index < -0.39 is 0 Å². The number of hydrogen-bond donors (Lipinski definition) is 1. The Balaban J connectivity index is 1.86. The molecular weight excluding hydrogens is 299 g/mol. The minimum Gasteiger partial charge on any atom is -0.364 e. The fraction of sp³-hybridized carbons (Fsp3) is 0.333. The van der Waals surface area contributed by atoms with E-state index in [0.717, 1.165) is 43.2 Å². The second kappa shape index (κ2) is 7.12. The largest absolute Gasteiger partial charge is 0.364 e. The van der Waals surface area contributed by atoms with Crippen LogP contribution in [0.4, 0.5) is 10.1 Å². The van der Waals surface area contributed by atoms with E-state index in [9.17, 15) is 4.39 Å². The first-order valence-corrected chi connectivity index (χ1v) is 8.07. The Bertz CT molecular complexity index is 609. The van der Waals surface area contributed by atoms with Crippen LogP contribution in [0.5, 0.6) is 0 Å².